The molecule has 0 amide bonds. The summed E-state index contributed by atoms with van der Waals surface area (Å²) in [5.74, 6) is 0. The van der Waals surface area contributed by atoms with E-state index in [0.29, 0.717) is 0 Å². The Morgan fingerprint density at radius 1 is 0.211 bits per heavy atom. The molecule has 8 rings (SSSR count). The number of hydrogen-bond donors (Lipinski definition) is 0. The molecule has 0 nitrogen and oxygen atoms in total. The molecule has 38 heavy (non-hydrogen) atoms. The van der Waals surface area contributed by atoms with Crippen LogP contribution in [0, 0.1) is 0 Å². The molecule has 0 saturated heterocycles. The van der Waals surface area contributed by atoms with E-state index in [1.54, 1.807) is 0 Å². The summed E-state index contributed by atoms with van der Waals surface area (Å²) in [4.78, 5) is 0. The summed E-state index contributed by atoms with van der Waals surface area (Å²) in [5.41, 5.74) is 4.98. The van der Waals surface area contributed by atoms with Gasteiger partial charge in [-0.15, -0.1) is 0 Å². The third kappa shape index (κ3) is 3.11. The molecule has 0 heteroatoms. The van der Waals surface area contributed by atoms with Crippen molar-refractivity contribution in [3.8, 4) is 22.3 Å². The van der Waals surface area contributed by atoms with Crippen LogP contribution in [0.3, 0.4) is 0 Å². The number of fused-ring (bicyclic) bond motifs is 11. The lowest BCUT2D eigenvalue weighted by Crippen LogP contribution is -1.90. The van der Waals surface area contributed by atoms with Gasteiger partial charge in [-0.3, -0.25) is 0 Å². The molecular weight excluding hydrogens is 456 g/mol. The molecule has 0 atom stereocenters. The van der Waals surface area contributed by atoms with Crippen molar-refractivity contribution in [2.45, 2.75) is 0 Å². The number of hydrogen-bond acceptors (Lipinski definition) is 0. The average molecular weight is 481 g/mol. The fourth-order valence-corrected chi connectivity index (χ4v) is 6.29. The minimum atomic E-state index is 1.24. The first-order valence-corrected chi connectivity index (χ1v) is 13.2. The maximum absolute atomic E-state index is 2.40. The summed E-state index contributed by atoms with van der Waals surface area (Å²) in [6, 6.07) is 53.2. The Hall–Kier alpha value is -4.94. The van der Waals surface area contributed by atoms with Crippen molar-refractivity contribution < 1.29 is 0 Å². The van der Waals surface area contributed by atoms with Gasteiger partial charge < -0.3 is 0 Å². The van der Waals surface area contributed by atoms with Crippen LogP contribution in [0.2, 0.25) is 0 Å². The fourth-order valence-electron chi connectivity index (χ4n) is 6.29. The van der Waals surface area contributed by atoms with Gasteiger partial charge in [-0.2, -0.15) is 0 Å². The molecule has 0 aliphatic carbocycles. The largest absolute Gasteiger partial charge is 0.0622 e. The molecule has 0 spiro atoms. The van der Waals surface area contributed by atoms with E-state index in [4.69, 9.17) is 0 Å². The molecule has 0 heterocycles. The third-order valence-corrected chi connectivity index (χ3v) is 8.02. The molecule has 176 valence electrons. The van der Waals surface area contributed by atoms with E-state index in [2.05, 4.69) is 146 Å². The Morgan fingerprint density at radius 3 is 0.974 bits per heavy atom. The maximum atomic E-state index is 2.40. The normalized spacial score (nSPS) is 11.7. The highest BCUT2D eigenvalue weighted by molar-refractivity contribution is 6.39. The molecular formula is C38H24. The van der Waals surface area contributed by atoms with E-state index < -0.39 is 0 Å². The monoisotopic (exact) mass is 480 g/mol. The van der Waals surface area contributed by atoms with Crippen LogP contribution in [0.5, 0.6) is 0 Å². The zero-order valence-electron chi connectivity index (χ0n) is 20.9. The van der Waals surface area contributed by atoms with Crippen LogP contribution in [-0.2, 0) is 0 Å². The second-order valence-electron chi connectivity index (χ2n) is 10.1. The molecule has 0 aromatic heterocycles. The first-order chi connectivity index (χ1) is 18.9. The quantitative estimate of drug-likeness (QED) is 0.216. The zero-order chi connectivity index (χ0) is 25.1. The Kier molecular flexibility index (Phi) is 4.62. The lowest BCUT2D eigenvalue weighted by Gasteiger charge is -2.18. The van der Waals surface area contributed by atoms with Crippen LogP contribution in [0.4, 0.5) is 0 Å². The first kappa shape index (κ1) is 21.2. The standard InChI is InChI=1S/C38H24/c1-3-11-25(12-4-1)27-19-21-31-29-15-7-10-18-34(29)38-36-24-28(26-13-5-2-6-14-26)20-22-32(36)30-16-8-9-17-33(30)37(38)35(31)23-27/h1-24H. The predicted octanol–water partition coefficient (Wildman–Crippen LogP) is 10.8. The van der Waals surface area contributed by atoms with E-state index in [1.165, 1.54) is 76.1 Å². The smallest absolute Gasteiger partial charge is 0.00137 e. The Labute approximate surface area is 221 Å². The highest BCUT2D eigenvalue weighted by Gasteiger charge is 2.17. The summed E-state index contributed by atoms with van der Waals surface area (Å²) >= 11 is 0. The molecule has 0 radical (unpaired) electrons. The van der Waals surface area contributed by atoms with Gasteiger partial charge in [0.2, 0.25) is 0 Å². The van der Waals surface area contributed by atoms with Crippen molar-refractivity contribution in [3.63, 3.8) is 0 Å². The Morgan fingerprint density at radius 2 is 0.553 bits per heavy atom. The van der Waals surface area contributed by atoms with Gasteiger partial charge >= 0.3 is 0 Å². The zero-order valence-corrected chi connectivity index (χ0v) is 20.9. The van der Waals surface area contributed by atoms with Crippen LogP contribution < -0.4 is 0 Å². The Balaban J connectivity index is 1.63. The number of rotatable bonds is 2. The van der Waals surface area contributed by atoms with Crippen LogP contribution in [0.1, 0.15) is 0 Å². The second-order valence-corrected chi connectivity index (χ2v) is 10.1. The Bertz CT molecular complexity index is 2000. The second kappa shape index (κ2) is 8.30. The lowest BCUT2D eigenvalue weighted by atomic mass is 9.85. The first-order valence-electron chi connectivity index (χ1n) is 13.2. The van der Waals surface area contributed by atoms with E-state index in [0.717, 1.165) is 0 Å². The van der Waals surface area contributed by atoms with Crippen molar-refractivity contribution in [2.24, 2.45) is 0 Å². The predicted molar refractivity (Wildman–Crippen MR) is 165 cm³/mol. The van der Waals surface area contributed by atoms with Gasteiger partial charge in [-0.05, 0) is 88.2 Å². The molecule has 8 aromatic carbocycles. The minimum absolute atomic E-state index is 1.24. The van der Waals surface area contributed by atoms with E-state index in [-0.39, 0.29) is 0 Å². The molecule has 0 unspecified atom stereocenters. The van der Waals surface area contributed by atoms with Crippen molar-refractivity contribution in [1.82, 2.24) is 0 Å². The van der Waals surface area contributed by atoms with Gasteiger partial charge in [0.05, 0.1) is 0 Å². The highest BCUT2D eigenvalue weighted by Crippen LogP contribution is 2.45. The summed E-state index contributed by atoms with van der Waals surface area (Å²) in [5, 5.41) is 13.1. The van der Waals surface area contributed by atoms with Crippen molar-refractivity contribution in [2.75, 3.05) is 0 Å². The van der Waals surface area contributed by atoms with Gasteiger partial charge in [0, 0.05) is 0 Å². The van der Waals surface area contributed by atoms with Crippen LogP contribution in [-0.4, -0.2) is 0 Å². The molecule has 0 N–H and O–H groups in total. The molecule has 0 bridgehead atoms. The summed E-state index contributed by atoms with van der Waals surface area (Å²) in [7, 11) is 0. The molecule has 0 saturated carbocycles. The molecule has 0 aliphatic heterocycles. The van der Waals surface area contributed by atoms with Gasteiger partial charge in [0.15, 0.2) is 0 Å². The van der Waals surface area contributed by atoms with Crippen LogP contribution >= 0.6 is 0 Å². The highest BCUT2D eigenvalue weighted by atomic mass is 14.2. The van der Waals surface area contributed by atoms with Crippen LogP contribution in [0.25, 0.3) is 76.1 Å². The summed E-state index contributed by atoms with van der Waals surface area (Å²) < 4.78 is 0. The fraction of sp³-hybridized carbons (Fsp3) is 0. The van der Waals surface area contributed by atoms with Crippen molar-refractivity contribution >= 4 is 53.9 Å². The van der Waals surface area contributed by atoms with Crippen molar-refractivity contribution in [1.29, 1.82) is 0 Å². The molecule has 0 aliphatic rings. The van der Waals surface area contributed by atoms with Crippen LogP contribution in [0.15, 0.2) is 146 Å². The summed E-state index contributed by atoms with van der Waals surface area (Å²) in [6.07, 6.45) is 0. The van der Waals surface area contributed by atoms with Crippen molar-refractivity contribution in [3.05, 3.63) is 146 Å². The van der Waals surface area contributed by atoms with Gasteiger partial charge in [-0.25, -0.2) is 0 Å². The maximum Gasteiger partial charge on any atom is -0.00137 e. The van der Waals surface area contributed by atoms with E-state index in [9.17, 15) is 0 Å². The molecule has 0 fully saturated rings. The molecule has 8 aromatic rings. The average Bonchev–Trinajstić information content (AvgIpc) is 3.01. The van der Waals surface area contributed by atoms with Gasteiger partial charge in [-0.1, -0.05) is 133 Å². The number of benzene rings is 8. The van der Waals surface area contributed by atoms with E-state index in [1.807, 2.05) is 0 Å². The van der Waals surface area contributed by atoms with Gasteiger partial charge in [0.1, 0.15) is 0 Å². The summed E-state index contributed by atoms with van der Waals surface area (Å²) in [6.45, 7) is 0. The van der Waals surface area contributed by atoms with Gasteiger partial charge in [0.25, 0.3) is 0 Å². The topological polar surface area (TPSA) is 0 Å². The SMILES string of the molecule is c1ccc(-c2ccc3c4ccccc4c4c5cc(-c6ccccc6)ccc5c5ccccc5c4c3c2)cc1. The third-order valence-electron chi connectivity index (χ3n) is 8.02. The minimum Gasteiger partial charge on any atom is -0.0622 e. The van der Waals surface area contributed by atoms with E-state index >= 15 is 0 Å². The lowest BCUT2D eigenvalue weighted by molar-refractivity contribution is 1.65.